The maximum absolute atomic E-state index is 13.3. The second-order valence-electron chi connectivity index (χ2n) is 17.7. The second-order valence-corrected chi connectivity index (χ2v) is 17.7. The molecule has 0 aromatic heterocycles. The van der Waals surface area contributed by atoms with Crippen LogP contribution in [0.25, 0.3) is 0 Å². The molecule has 0 bridgehead atoms. The predicted molar refractivity (Wildman–Crippen MR) is 165 cm³/mol. The van der Waals surface area contributed by atoms with Gasteiger partial charge in [-0.25, -0.2) is 0 Å². The summed E-state index contributed by atoms with van der Waals surface area (Å²) in [6.07, 6.45) is 6.93. The summed E-state index contributed by atoms with van der Waals surface area (Å²) >= 11 is 0. The Morgan fingerprint density at radius 1 is 0.909 bits per heavy atom. The van der Waals surface area contributed by atoms with Gasteiger partial charge in [-0.2, -0.15) is 0 Å². The van der Waals surface area contributed by atoms with Crippen LogP contribution in [-0.4, -0.2) is 75.4 Å². The minimum Gasteiger partial charge on any atom is -0.481 e. The molecular formula is C36H58O8. The average molecular weight is 619 g/mol. The quantitative estimate of drug-likeness (QED) is 0.270. The van der Waals surface area contributed by atoms with Gasteiger partial charge in [-0.3, -0.25) is 4.79 Å². The molecule has 8 nitrogen and oxygen atoms in total. The van der Waals surface area contributed by atoms with Crippen molar-refractivity contribution in [2.24, 2.45) is 50.2 Å². The van der Waals surface area contributed by atoms with Gasteiger partial charge in [0.25, 0.3) is 0 Å². The van der Waals surface area contributed by atoms with Gasteiger partial charge in [0, 0.05) is 0 Å². The molecule has 44 heavy (non-hydrogen) atoms. The van der Waals surface area contributed by atoms with Crippen molar-refractivity contribution in [3.63, 3.8) is 0 Å². The third-order valence-electron chi connectivity index (χ3n) is 15.1. The largest absolute Gasteiger partial charge is 0.481 e. The first-order chi connectivity index (χ1) is 20.5. The molecular weight excluding hydrogens is 560 g/mol. The summed E-state index contributed by atoms with van der Waals surface area (Å²) in [6, 6.07) is 0. The van der Waals surface area contributed by atoms with E-state index in [1.807, 2.05) is 0 Å². The van der Waals surface area contributed by atoms with Gasteiger partial charge in [0.2, 0.25) is 0 Å². The Hall–Kier alpha value is -1.03. The summed E-state index contributed by atoms with van der Waals surface area (Å²) < 4.78 is 11.7. The number of carboxylic acid groups (broad SMARTS) is 1. The second kappa shape index (κ2) is 10.7. The summed E-state index contributed by atoms with van der Waals surface area (Å²) in [5.41, 5.74) is 1.25. The fourth-order valence-electron chi connectivity index (χ4n) is 12.0. The summed E-state index contributed by atoms with van der Waals surface area (Å²) in [4.78, 5) is 13.3. The normalized spacial score (nSPS) is 53.4. The molecule has 8 heteroatoms. The van der Waals surface area contributed by atoms with Gasteiger partial charge in [0.15, 0.2) is 6.29 Å². The molecule has 0 aromatic carbocycles. The minimum atomic E-state index is -1.56. The Balaban J connectivity index is 1.31. The van der Waals surface area contributed by atoms with Gasteiger partial charge >= 0.3 is 5.97 Å². The van der Waals surface area contributed by atoms with Gasteiger partial charge in [0.1, 0.15) is 24.4 Å². The Labute approximate surface area is 263 Å². The van der Waals surface area contributed by atoms with E-state index < -0.39 is 48.7 Å². The summed E-state index contributed by atoms with van der Waals surface area (Å²) in [5, 5.41) is 51.7. The zero-order valence-corrected chi connectivity index (χ0v) is 27.8. The van der Waals surface area contributed by atoms with Crippen molar-refractivity contribution in [2.75, 3.05) is 13.2 Å². The van der Waals surface area contributed by atoms with E-state index in [2.05, 4.69) is 47.6 Å². The van der Waals surface area contributed by atoms with Gasteiger partial charge in [0.05, 0.1) is 18.6 Å². The van der Waals surface area contributed by atoms with Crippen molar-refractivity contribution in [3.05, 3.63) is 11.6 Å². The lowest BCUT2D eigenvalue weighted by molar-refractivity contribution is -0.310. The first kappa shape index (κ1) is 32.9. The molecule has 250 valence electrons. The van der Waals surface area contributed by atoms with E-state index >= 15 is 0 Å². The van der Waals surface area contributed by atoms with Gasteiger partial charge in [-0.15, -0.1) is 0 Å². The number of aliphatic hydroxyl groups excluding tert-OH is 4. The van der Waals surface area contributed by atoms with Crippen molar-refractivity contribution in [1.82, 2.24) is 0 Å². The van der Waals surface area contributed by atoms with E-state index in [9.17, 15) is 30.3 Å². The van der Waals surface area contributed by atoms with Crippen LogP contribution >= 0.6 is 0 Å². The highest BCUT2D eigenvalue weighted by atomic mass is 16.7. The molecule has 5 fully saturated rings. The van der Waals surface area contributed by atoms with Crippen molar-refractivity contribution >= 4 is 5.97 Å². The van der Waals surface area contributed by atoms with E-state index in [1.54, 1.807) is 5.57 Å². The molecule has 0 amide bonds. The van der Waals surface area contributed by atoms with Crippen LogP contribution in [0.15, 0.2) is 11.6 Å². The molecule has 1 saturated heterocycles. The Morgan fingerprint density at radius 3 is 2.30 bits per heavy atom. The zero-order valence-electron chi connectivity index (χ0n) is 27.8. The number of hydrogen-bond donors (Lipinski definition) is 5. The molecule has 4 saturated carbocycles. The number of allylic oxidation sites excluding steroid dienone is 2. The molecule has 6 rings (SSSR count). The molecule has 13 atom stereocenters. The van der Waals surface area contributed by atoms with Crippen LogP contribution in [0.2, 0.25) is 0 Å². The molecule has 5 aliphatic carbocycles. The zero-order chi connectivity index (χ0) is 32.1. The van der Waals surface area contributed by atoms with Crippen molar-refractivity contribution in [2.45, 2.75) is 143 Å². The van der Waals surface area contributed by atoms with Crippen LogP contribution in [0.4, 0.5) is 0 Å². The SMILES string of the molecule is CC1(C)CC[C@]2(C)CC[C@]3(C)C(=CC[C@@H]4[C@@]5(C)CCC[C@@](CO[C@@H]6O[C@H](CO)[C@@H](O)[C@H](O)[C@H]6O)(C(=O)O)[C@@H]5CC[C@]43C)[C@@H]2C1. The number of hydrogen-bond acceptors (Lipinski definition) is 7. The number of ether oxygens (including phenoxy) is 2. The smallest absolute Gasteiger partial charge is 0.312 e. The maximum Gasteiger partial charge on any atom is 0.312 e. The topological polar surface area (TPSA) is 137 Å². The van der Waals surface area contributed by atoms with Crippen molar-refractivity contribution < 1.29 is 39.8 Å². The minimum absolute atomic E-state index is 0.0744. The van der Waals surface area contributed by atoms with E-state index in [4.69, 9.17) is 9.47 Å². The molecule has 0 unspecified atom stereocenters. The summed E-state index contributed by atoms with van der Waals surface area (Å²) in [7, 11) is 0. The molecule has 5 N–H and O–H groups in total. The Morgan fingerprint density at radius 2 is 1.61 bits per heavy atom. The number of aliphatic hydroxyl groups is 4. The molecule has 0 radical (unpaired) electrons. The average Bonchev–Trinajstić information content (AvgIpc) is 2.96. The predicted octanol–water partition coefficient (Wildman–Crippen LogP) is 5.06. The van der Waals surface area contributed by atoms with Crippen LogP contribution in [0, 0.1) is 50.2 Å². The van der Waals surface area contributed by atoms with Crippen molar-refractivity contribution in [1.29, 1.82) is 0 Å². The van der Waals surface area contributed by atoms with Gasteiger partial charge in [-0.05, 0) is 109 Å². The van der Waals surface area contributed by atoms with Crippen molar-refractivity contribution in [3.8, 4) is 0 Å². The monoisotopic (exact) mass is 618 g/mol. The molecule has 6 aliphatic rings. The fourth-order valence-corrected chi connectivity index (χ4v) is 12.0. The maximum atomic E-state index is 13.3. The van der Waals surface area contributed by atoms with Gasteiger partial charge in [-0.1, -0.05) is 59.6 Å². The summed E-state index contributed by atoms with van der Waals surface area (Å²) in [5.74, 6) is -0.0116. The molecule has 0 spiro atoms. The number of rotatable bonds is 5. The van der Waals surface area contributed by atoms with E-state index in [-0.39, 0.29) is 28.8 Å². The number of carbonyl (C=O) groups is 1. The first-order valence-electron chi connectivity index (χ1n) is 17.3. The lowest BCUT2D eigenvalue weighted by atomic mass is 9.33. The standard InChI is InChI=1S/C36H58O8/c1-31(2)14-15-32(3)16-17-34(5)21(22(32)18-31)8-9-24-33(4)11-7-12-36(30(41)42,25(33)10-13-35(24,34)6)20-43-29-28(40)27(39)26(38)23(19-37)44-29/h8,22-29,37-40H,7,9-20H2,1-6H3,(H,41,42)/t22-,23+,24+,25+,26+,27-,28+,29+,32+,33+,34+,35+,36-/m0/s1. The third-order valence-corrected chi connectivity index (χ3v) is 15.1. The first-order valence-corrected chi connectivity index (χ1v) is 17.3. The highest BCUT2D eigenvalue weighted by Crippen LogP contribution is 2.75. The molecule has 1 aliphatic heterocycles. The highest BCUT2D eigenvalue weighted by molar-refractivity contribution is 5.75. The highest BCUT2D eigenvalue weighted by Gasteiger charge is 2.69. The number of fused-ring (bicyclic) bond motifs is 7. The van der Waals surface area contributed by atoms with Crippen LogP contribution in [0.5, 0.6) is 0 Å². The van der Waals surface area contributed by atoms with Gasteiger partial charge < -0.3 is 35.0 Å². The summed E-state index contributed by atoms with van der Waals surface area (Å²) in [6.45, 7) is 14.2. The third kappa shape index (κ3) is 4.55. The fraction of sp³-hybridized carbons (Fsp3) is 0.917. The van der Waals surface area contributed by atoms with E-state index in [1.165, 1.54) is 32.1 Å². The van der Waals surface area contributed by atoms with Crippen LogP contribution < -0.4 is 0 Å². The van der Waals surface area contributed by atoms with E-state index in [0.29, 0.717) is 29.1 Å². The molecule has 1 heterocycles. The lowest BCUT2D eigenvalue weighted by Crippen LogP contribution is -2.65. The Kier molecular flexibility index (Phi) is 8.03. The van der Waals surface area contributed by atoms with Crippen LogP contribution in [0.3, 0.4) is 0 Å². The number of aliphatic carboxylic acids is 1. The molecule has 0 aromatic rings. The number of carboxylic acids is 1. The van der Waals surface area contributed by atoms with E-state index in [0.717, 1.165) is 32.1 Å². The Bertz CT molecular complexity index is 1170. The lowest BCUT2D eigenvalue weighted by Gasteiger charge is -2.71. The van der Waals surface area contributed by atoms with Crippen LogP contribution in [-0.2, 0) is 14.3 Å². The van der Waals surface area contributed by atoms with Crippen LogP contribution in [0.1, 0.15) is 112 Å².